The summed E-state index contributed by atoms with van der Waals surface area (Å²) in [5, 5.41) is 11.1. The van der Waals surface area contributed by atoms with E-state index < -0.39 is 11.5 Å². The smallest absolute Gasteiger partial charge is 0.355 e. The van der Waals surface area contributed by atoms with Gasteiger partial charge in [0.25, 0.3) is 0 Å². The first-order valence-corrected chi connectivity index (χ1v) is 14.9. The molecule has 230 valence electrons. The maximum absolute atomic E-state index is 15.1. The zero-order chi connectivity index (χ0) is 32.0. The van der Waals surface area contributed by atoms with E-state index in [1.807, 2.05) is 46.4 Å². The van der Waals surface area contributed by atoms with Gasteiger partial charge in [0.05, 0.1) is 38.7 Å². The number of rotatable bonds is 6. The first kappa shape index (κ1) is 31.1. The van der Waals surface area contributed by atoms with Crippen molar-refractivity contribution >= 4 is 34.4 Å². The van der Waals surface area contributed by atoms with Crippen LogP contribution in [0.5, 0.6) is 5.75 Å². The van der Waals surface area contributed by atoms with Crippen LogP contribution in [0.1, 0.15) is 64.8 Å². The minimum atomic E-state index is -0.721. The number of carbonyl (C=O) groups is 1. The topological polar surface area (TPSA) is 117 Å². The van der Waals surface area contributed by atoms with E-state index in [0.29, 0.717) is 41.4 Å². The molecular formula is C32H35ClFN7O3. The van der Waals surface area contributed by atoms with Gasteiger partial charge in [-0.2, -0.15) is 4.98 Å². The summed E-state index contributed by atoms with van der Waals surface area (Å²) in [5.74, 6) is -1.09. The number of carbonyl (C=O) groups excluding carboxylic acids is 1. The summed E-state index contributed by atoms with van der Waals surface area (Å²) in [6, 6.07) is 5.08. The number of fused-ring (bicyclic) bond motifs is 1. The molecule has 2 unspecified atom stereocenters. The van der Waals surface area contributed by atoms with E-state index in [0.717, 1.165) is 0 Å². The lowest BCUT2D eigenvalue weighted by atomic mass is 10.0. The monoisotopic (exact) mass is 619 g/mol. The normalized spacial score (nSPS) is 17.1. The highest BCUT2D eigenvalue weighted by atomic mass is 35.5. The zero-order valence-electron chi connectivity index (χ0n) is 25.5. The van der Waals surface area contributed by atoms with Gasteiger partial charge in [-0.05, 0) is 50.0 Å². The summed E-state index contributed by atoms with van der Waals surface area (Å²) in [6.45, 7) is 16.1. The third-order valence-corrected chi connectivity index (χ3v) is 8.16. The largest absolute Gasteiger partial charge is 0.507 e. The fourth-order valence-corrected chi connectivity index (χ4v) is 6.23. The molecule has 1 saturated heterocycles. The van der Waals surface area contributed by atoms with Crippen LogP contribution in [0.25, 0.3) is 28.0 Å². The van der Waals surface area contributed by atoms with Gasteiger partial charge < -0.3 is 14.9 Å². The molecule has 1 aliphatic heterocycles. The molecule has 0 aliphatic carbocycles. The number of benzene rings is 1. The van der Waals surface area contributed by atoms with Crippen molar-refractivity contribution in [2.45, 2.75) is 65.5 Å². The highest BCUT2D eigenvalue weighted by Crippen LogP contribution is 2.39. The van der Waals surface area contributed by atoms with Crippen LogP contribution in [0.15, 0.2) is 48.0 Å². The van der Waals surface area contributed by atoms with Crippen molar-refractivity contribution in [3.8, 4) is 22.7 Å². The first-order valence-electron chi connectivity index (χ1n) is 14.5. The SMILES string of the molecule is C=CC(=O)N1C(C)CN(c2nc(=O)n(-c3c(C(C)C)ncnc3C(C)C)c3nc(-c4c(O)cccc4F)c(Cl)cc23)CC1C. The Balaban J connectivity index is 1.87. The van der Waals surface area contributed by atoms with E-state index in [9.17, 15) is 14.7 Å². The molecule has 0 radical (unpaired) electrons. The molecular weight excluding hydrogens is 585 g/mol. The maximum atomic E-state index is 15.1. The van der Waals surface area contributed by atoms with Crippen LogP contribution >= 0.6 is 11.6 Å². The molecule has 3 aromatic heterocycles. The number of nitrogens with zero attached hydrogens (tertiary/aromatic N) is 7. The standard InChI is InChI=1S/C32H35ClFN7O3/c1-8-24(43)40-18(6)13-39(14-19(40)7)30-20-12-21(33)28(25-22(34)10-9-11-23(25)42)37-31(20)41(32(44)38-30)29-26(16(2)3)35-15-36-27(29)17(4)5/h8-12,15-19,42H,1,13-14H2,2-7H3. The second-order valence-corrected chi connectivity index (χ2v) is 12.1. The van der Waals surface area contributed by atoms with Crippen LogP contribution < -0.4 is 10.6 Å². The van der Waals surface area contributed by atoms with E-state index in [1.54, 1.807) is 11.0 Å². The van der Waals surface area contributed by atoms with Crippen molar-refractivity contribution in [3.63, 3.8) is 0 Å². The van der Waals surface area contributed by atoms with Crippen molar-refractivity contribution in [2.24, 2.45) is 0 Å². The molecule has 2 atom stereocenters. The number of halogens is 2. The van der Waals surface area contributed by atoms with Crippen LogP contribution in [-0.2, 0) is 4.79 Å². The lowest BCUT2D eigenvalue weighted by Crippen LogP contribution is -2.58. The van der Waals surface area contributed by atoms with E-state index in [-0.39, 0.29) is 57.5 Å². The predicted octanol–water partition coefficient (Wildman–Crippen LogP) is 5.59. The Labute approximate surface area is 259 Å². The van der Waals surface area contributed by atoms with E-state index >= 15 is 4.39 Å². The average molecular weight is 620 g/mol. The number of piperazine rings is 1. The summed E-state index contributed by atoms with van der Waals surface area (Å²) >= 11 is 6.77. The van der Waals surface area contributed by atoms with Crippen molar-refractivity contribution in [1.82, 2.24) is 29.4 Å². The minimum Gasteiger partial charge on any atom is -0.507 e. The highest BCUT2D eigenvalue weighted by molar-refractivity contribution is 6.34. The van der Waals surface area contributed by atoms with Crippen molar-refractivity contribution in [2.75, 3.05) is 18.0 Å². The van der Waals surface area contributed by atoms with Gasteiger partial charge in [-0.1, -0.05) is 51.9 Å². The van der Waals surface area contributed by atoms with Crippen LogP contribution in [0.4, 0.5) is 10.2 Å². The number of amides is 1. The number of aromatic hydroxyl groups is 1. The van der Waals surface area contributed by atoms with Crippen LogP contribution in [-0.4, -0.2) is 65.6 Å². The molecule has 0 saturated carbocycles. The molecule has 44 heavy (non-hydrogen) atoms. The summed E-state index contributed by atoms with van der Waals surface area (Å²) in [4.78, 5) is 48.9. The van der Waals surface area contributed by atoms with E-state index in [1.165, 1.54) is 35.2 Å². The van der Waals surface area contributed by atoms with Gasteiger partial charge in [0.2, 0.25) is 5.91 Å². The van der Waals surface area contributed by atoms with Gasteiger partial charge in [-0.15, -0.1) is 0 Å². The molecule has 1 aliphatic rings. The summed E-state index contributed by atoms with van der Waals surface area (Å²) in [5.41, 5.74) is 0.999. The van der Waals surface area contributed by atoms with Crippen molar-refractivity contribution in [1.29, 1.82) is 0 Å². The van der Waals surface area contributed by atoms with Gasteiger partial charge >= 0.3 is 5.69 Å². The Kier molecular flexibility index (Phi) is 8.44. The summed E-state index contributed by atoms with van der Waals surface area (Å²) in [7, 11) is 0. The lowest BCUT2D eigenvalue weighted by Gasteiger charge is -2.44. The van der Waals surface area contributed by atoms with Crippen LogP contribution in [0, 0.1) is 5.82 Å². The van der Waals surface area contributed by atoms with E-state index in [4.69, 9.17) is 16.6 Å². The average Bonchev–Trinajstić information content (AvgIpc) is 2.96. The zero-order valence-corrected chi connectivity index (χ0v) is 26.3. The Morgan fingerprint density at radius 2 is 1.70 bits per heavy atom. The highest BCUT2D eigenvalue weighted by Gasteiger charge is 2.34. The Bertz CT molecular complexity index is 1780. The molecule has 4 heterocycles. The molecule has 0 spiro atoms. The molecule has 10 nitrogen and oxygen atoms in total. The second-order valence-electron chi connectivity index (χ2n) is 11.7. The number of hydrogen-bond acceptors (Lipinski definition) is 8. The lowest BCUT2D eigenvalue weighted by molar-refractivity contribution is -0.130. The molecule has 4 aromatic rings. The number of aromatic nitrogens is 5. The molecule has 1 aromatic carbocycles. The number of phenols is 1. The summed E-state index contributed by atoms with van der Waals surface area (Å²) < 4.78 is 16.5. The number of hydrogen-bond donors (Lipinski definition) is 1. The Hall–Kier alpha value is -4.38. The van der Waals surface area contributed by atoms with E-state index in [2.05, 4.69) is 21.5 Å². The van der Waals surface area contributed by atoms with Gasteiger partial charge in [0.1, 0.15) is 23.7 Å². The van der Waals surface area contributed by atoms with Crippen molar-refractivity contribution in [3.05, 3.63) is 76.0 Å². The molecule has 5 rings (SSSR count). The summed E-state index contributed by atoms with van der Waals surface area (Å²) in [6.07, 6.45) is 2.77. The number of pyridine rings is 1. The van der Waals surface area contributed by atoms with Gasteiger partial charge in [0.15, 0.2) is 5.65 Å². The van der Waals surface area contributed by atoms with Crippen molar-refractivity contribution < 1.29 is 14.3 Å². The molecule has 1 amide bonds. The number of phenolic OH excluding ortho intramolecular Hbond substituents is 1. The Morgan fingerprint density at radius 3 is 2.25 bits per heavy atom. The third kappa shape index (κ3) is 5.29. The number of anilines is 1. The van der Waals surface area contributed by atoms with Crippen LogP contribution in [0.3, 0.4) is 0 Å². The minimum absolute atomic E-state index is 0.0303. The quantitative estimate of drug-likeness (QED) is 0.277. The van der Waals surface area contributed by atoms with Crippen LogP contribution in [0.2, 0.25) is 5.02 Å². The third-order valence-electron chi connectivity index (χ3n) is 7.87. The molecule has 1 N–H and O–H groups in total. The molecule has 0 bridgehead atoms. The fraction of sp³-hybridized carbons (Fsp3) is 0.375. The first-order chi connectivity index (χ1) is 20.8. The Morgan fingerprint density at radius 1 is 1.09 bits per heavy atom. The van der Waals surface area contributed by atoms with Gasteiger partial charge in [0, 0.05) is 25.2 Å². The second kappa shape index (κ2) is 12.0. The molecule has 1 fully saturated rings. The van der Waals surface area contributed by atoms with Gasteiger partial charge in [-0.25, -0.2) is 28.7 Å². The maximum Gasteiger partial charge on any atom is 0.355 e. The van der Waals surface area contributed by atoms with Gasteiger partial charge in [-0.3, -0.25) is 4.79 Å². The molecule has 12 heteroatoms. The fourth-order valence-electron chi connectivity index (χ4n) is 5.99. The predicted molar refractivity (Wildman–Crippen MR) is 169 cm³/mol.